The number of thioether (sulfide) groups is 1. The maximum Gasteiger partial charge on any atom is 0.0236 e. The van der Waals surface area contributed by atoms with Gasteiger partial charge < -0.3 is 5.32 Å². The minimum atomic E-state index is 0.790. The Balaban J connectivity index is 1.28. The van der Waals surface area contributed by atoms with Crippen LogP contribution < -0.4 is 5.32 Å². The zero-order chi connectivity index (χ0) is 20.0. The van der Waals surface area contributed by atoms with Crippen LogP contribution in [0.4, 0.5) is 0 Å². The van der Waals surface area contributed by atoms with Crippen LogP contribution >= 0.6 is 11.8 Å². The van der Waals surface area contributed by atoms with Crippen LogP contribution in [-0.4, -0.2) is 36.3 Å². The SMILES string of the molecule is c1ccc(CSCCCNCCCN(Cc2ccccc2)C2CCCCC2)cc1. The molecule has 0 bridgehead atoms. The number of hydrogen-bond acceptors (Lipinski definition) is 3. The molecule has 2 nitrogen and oxygen atoms in total. The Morgan fingerprint density at radius 3 is 2.17 bits per heavy atom. The van der Waals surface area contributed by atoms with Gasteiger partial charge >= 0.3 is 0 Å². The first-order chi connectivity index (χ1) is 14.4. The fourth-order valence-electron chi connectivity index (χ4n) is 4.25. The van der Waals surface area contributed by atoms with Crippen molar-refractivity contribution in [2.45, 2.75) is 63.3 Å². The molecule has 29 heavy (non-hydrogen) atoms. The molecule has 1 aliphatic rings. The maximum atomic E-state index is 3.67. The third-order valence-corrected chi connectivity index (χ3v) is 6.99. The summed E-state index contributed by atoms with van der Waals surface area (Å²) in [6, 6.07) is 22.6. The summed E-state index contributed by atoms with van der Waals surface area (Å²) in [4.78, 5) is 2.76. The third-order valence-electron chi connectivity index (χ3n) is 5.87. The Morgan fingerprint density at radius 1 is 0.793 bits per heavy atom. The second-order valence-corrected chi connectivity index (χ2v) is 9.35. The van der Waals surface area contributed by atoms with Crippen molar-refractivity contribution < 1.29 is 0 Å². The van der Waals surface area contributed by atoms with Gasteiger partial charge in [-0.1, -0.05) is 79.9 Å². The standard InChI is InChI=1S/C26H38N2S/c1-4-12-24(13-5-1)22-28(26-16-8-3-9-17-26)20-10-18-27-19-11-21-29-23-25-14-6-2-7-15-25/h1-2,4-7,12-15,26-27H,3,8-11,16-23H2. The molecule has 1 saturated carbocycles. The van der Waals surface area contributed by atoms with Crippen molar-refractivity contribution in [1.29, 1.82) is 0 Å². The molecule has 0 radical (unpaired) electrons. The summed E-state index contributed by atoms with van der Waals surface area (Å²) >= 11 is 2.05. The molecule has 1 N–H and O–H groups in total. The minimum absolute atomic E-state index is 0.790. The molecule has 1 fully saturated rings. The zero-order valence-electron chi connectivity index (χ0n) is 17.9. The van der Waals surface area contributed by atoms with Crippen molar-refractivity contribution in [3.05, 3.63) is 71.8 Å². The van der Waals surface area contributed by atoms with Crippen LogP contribution in [0.1, 0.15) is 56.1 Å². The number of hydrogen-bond donors (Lipinski definition) is 1. The van der Waals surface area contributed by atoms with Crippen molar-refractivity contribution >= 4 is 11.8 Å². The topological polar surface area (TPSA) is 15.3 Å². The lowest BCUT2D eigenvalue weighted by molar-refractivity contribution is 0.146. The molecular weight excluding hydrogens is 372 g/mol. The molecule has 3 rings (SSSR count). The molecule has 0 amide bonds. The molecule has 0 spiro atoms. The van der Waals surface area contributed by atoms with Crippen LogP contribution in [0.25, 0.3) is 0 Å². The van der Waals surface area contributed by atoms with E-state index in [4.69, 9.17) is 0 Å². The molecule has 1 aliphatic carbocycles. The lowest BCUT2D eigenvalue weighted by atomic mass is 9.93. The van der Waals surface area contributed by atoms with Gasteiger partial charge in [0.05, 0.1) is 0 Å². The Kier molecular flexibility index (Phi) is 10.7. The molecule has 0 aliphatic heterocycles. The number of benzene rings is 2. The Hall–Kier alpha value is -1.29. The van der Waals surface area contributed by atoms with E-state index in [1.807, 2.05) is 11.8 Å². The van der Waals surface area contributed by atoms with Gasteiger partial charge in [-0.05, 0) is 62.2 Å². The molecule has 0 saturated heterocycles. The van der Waals surface area contributed by atoms with Crippen molar-refractivity contribution in [3.63, 3.8) is 0 Å². The van der Waals surface area contributed by atoms with E-state index in [2.05, 4.69) is 70.9 Å². The summed E-state index contributed by atoms with van der Waals surface area (Å²) in [7, 11) is 0. The number of rotatable bonds is 13. The van der Waals surface area contributed by atoms with Crippen molar-refractivity contribution in [1.82, 2.24) is 10.2 Å². The molecule has 2 aromatic rings. The average Bonchev–Trinajstić information content (AvgIpc) is 2.79. The summed E-state index contributed by atoms with van der Waals surface area (Å²) in [5.41, 5.74) is 2.90. The van der Waals surface area contributed by atoms with Gasteiger partial charge in [0.1, 0.15) is 0 Å². The average molecular weight is 411 g/mol. The monoisotopic (exact) mass is 410 g/mol. The van der Waals surface area contributed by atoms with Gasteiger partial charge in [-0.2, -0.15) is 11.8 Å². The highest BCUT2D eigenvalue weighted by Crippen LogP contribution is 2.24. The summed E-state index contributed by atoms with van der Waals surface area (Å²) in [6.07, 6.45) is 9.54. The molecular formula is C26H38N2S. The first kappa shape index (κ1) is 22.4. The van der Waals surface area contributed by atoms with Crippen LogP contribution in [0.15, 0.2) is 60.7 Å². The summed E-state index contributed by atoms with van der Waals surface area (Å²) < 4.78 is 0. The highest BCUT2D eigenvalue weighted by atomic mass is 32.2. The molecule has 0 atom stereocenters. The van der Waals surface area contributed by atoms with E-state index >= 15 is 0 Å². The zero-order valence-corrected chi connectivity index (χ0v) is 18.7. The molecule has 0 heterocycles. The third kappa shape index (κ3) is 8.94. The molecule has 0 aromatic heterocycles. The normalized spacial score (nSPS) is 15.1. The van der Waals surface area contributed by atoms with Gasteiger partial charge in [-0.25, -0.2) is 0 Å². The van der Waals surface area contributed by atoms with Crippen molar-refractivity contribution in [3.8, 4) is 0 Å². The smallest absolute Gasteiger partial charge is 0.0236 e. The molecule has 3 heteroatoms. The Labute approximate surface area is 182 Å². The fraction of sp³-hybridized carbons (Fsp3) is 0.538. The summed E-state index contributed by atoms with van der Waals surface area (Å²) in [5, 5.41) is 3.67. The van der Waals surface area contributed by atoms with E-state index in [-0.39, 0.29) is 0 Å². The first-order valence-corrected chi connectivity index (χ1v) is 12.7. The van der Waals surface area contributed by atoms with Crippen LogP contribution in [0, 0.1) is 0 Å². The largest absolute Gasteiger partial charge is 0.317 e. The second kappa shape index (κ2) is 13.8. The van der Waals surface area contributed by atoms with Gasteiger partial charge in [0.25, 0.3) is 0 Å². The summed E-state index contributed by atoms with van der Waals surface area (Å²) in [5.74, 6) is 2.38. The second-order valence-electron chi connectivity index (χ2n) is 8.24. The number of nitrogens with zero attached hydrogens (tertiary/aromatic N) is 1. The lowest BCUT2D eigenvalue weighted by Crippen LogP contribution is -2.38. The summed E-state index contributed by atoms with van der Waals surface area (Å²) in [6.45, 7) is 4.61. The molecule has 2 aromatic carbocycles. The lowest BCUT2D eigenvalue weighted by Gasteiger charge is -2.34. The van der Waals surface area contributed by atoms with Crippen molar-refractivity contribution in [2.75, 3.05) is 25.4 Å². The van der Waals surface area contributed by atoms with E-state index in [0.717, 1.165) is 31.4 Å². The van der Waals surface area contributed by atoms with Gasteiger partial charge in [0, 0.05) is 18.3 Å². The Bertz CT molecular complexity index is 640. The molecule has 0 unspecified atom stereocenters. The van der Waals surface area contributed by atoms with Gasteiger partial charge in [0.2, 0.25) is 0 Å². The van der Waals surface area contributed by atoms with E-state index in [0.29, 0.717) is 0 Å². The van der Waals surface area contributed by atoms with Crippen LogP contribution in [-0.2, 0) is 12.3 Å². The van der Waals surface area contributed by atoms with Gasteiger partial charge in [-0.3, -0.25) is 4.90 Å². The van der Waals surface area contributed by atoms with E-state index < -0.39 is 0 Å². The van der Waals surface area contributed by atoms with Gasteiger partial charge in [-0.15, -0.1) is 0 Å². The Morgan fingerprint density at radius 2 is 1.45 bits per heavy atom. The minimum Gasteiger partial charge on any atom is -0.317 e. The number of nitrogens with one attached hydrogen (secondary N) is 1. The van der Waals surface area contributed by atoms with Crippen molar-refractivity contribution in [2.24, 2.45) is 0 Å². The molecule has 158 valence electrons. The highest BCUT2D eigenvalue weighted by Gasteiger charge is 2.20. The predicted molar refractivity (Wildman–Crippen MR) is 128 cm³/mol. The highest BCUT2D eigenvalue weighted by molar-refractivity contribution is 7.98. The maximum absolute atomic E-state index is 3.67. The fourth-order valence-corrected chi connectivity index (χ4v) is 5.17. The van der Waals surface area contributed by atoms with Crippen LogP contribution in [0.2, 0.25) is 0 Å². The van der Waals surface area contributed by atoms with E-state index in [1.54, 1.807) is 0 Å². The van der Waals surface area contributed by atoms with Gasteiger partial charge in [0.15, 0.2) is 0 Å². The quantitative estimate of drug-likeness (QED) is 0.400. The predicted octanol–water partition coefficient (Wildman–Crippen LogP) is 6.12. The first-order valence-electron chi connectivity index (χ1n) is 11.5. The van der Waals surface area contributed by atoms with Crippen LogP contribution in [0.5, 0.6) is 0 Å². The van der Waals surface area contributed by atoms with E-state index in [1.165, 1.54) is 68.4 Å². The van der Waals surface area contributed by atoms with Crippen LogP contribution in [0.3, 0.4) is 0 Å². The van der Waals surface area contributed by atoms with E-state index in [9.17, 15) is 0 Å².